The van der Waals surface area contributed by atoms with E-state index in [9.17, 15) is 0 Å². The number of benzene rings is 3. The normalized spacial score (nSPS) is 12.2. The highest BCUT2D eigenvalue weighted by atomic mass is 35.5. The molecule has 0 saturated carbocycles. The third-order valence-electron chi connectivity index (χ3n) is 5.60. The van der Waals surface area contributed by atoms with Gasteiger partial charge in [-0.15, -0.1) is 0 Å². The number of aryl methyl sites for hydroxylation is 1. The second kappa shape index (κ2) is 8.18. The van der Waals surface area contributed by atoms with Gasteiger partial charge in [0.2, 0.25) is 0 Å². The Morgan fingerprint density at radius 2 is 1.58 bits per heavy atom. The van der Waals surface area contributed by atoms with E-state index in [2.05, 4.69) is 34.2 Å². The highest BCUT2D eigenvalue weighted by molar-refractivity contribution is 6.38. The number of halogens is 2. The maximum Gasteiger partial charge on any atom is 0.0945 e. The fourth-order valence-corrected chi connectivity index (χ4v) is 4.45. The van der Waals surface area contributed by atoms with E-state index in [1.54, 1.807) is 0 Å². The van der Waals surface area contributed by atoms with Gasteiger partial charge in [0, 0.05) is 41.1 Å². The number of hydrogen-bond donors (Lipinski definition) is 0. The number of nitrogens with zero attached hydrogens (tertiary/aromatic N) is 3. The Morgan fingerprint density at radius 3 is 2.29 bits per heavy atom. The zero-order chi connectivity index (χ0) is 21.4. The minimum absolute atomic E-state index is 0.00869. The van der Waals surface area contributed by atoms with Crippen molar-refractivity contribution in [2.24, 2.45) is 7.05 Å². The van der Waals surface area contributed by atoms with Crippen molar-refractivity contribution in [3.8, 4) is 11.1 Å². The first kappa shape index (κ1) is 19.8. The van der Waals surface area contributed by atoms with Gasteiger partial charge in [0.1, 0.15) is 0 Å². The Hall–Kier alpha value is -3.14. The van der Waals surface area contributed by atoms with Crippen LogP contribution in [0, 0.1) is 0 Å². The molecule has 0 spiro atoms. The lowest BCUT2D eigenvalue weighted by atomic mass is 9.87. The third-order valence-corrected chi connectivity index (χ3v) is 6.26. The monoisotopic (exact) mass is 443 g/mol. The molecule has 0 saturated heterocycles. The summed E-state index contributed by atoms with van der Waals surface area (Å²) in [5, 5.41) is 2.35. The number of pyridine rings is 1. The van der Waals surface area contributed by atoms with Crippen molar-refractivity contribution in [1.82, 2.24) is 14.5 Å². The van der Waals surface area contributed by atoms with Crippen molar-refractivity contribution in [1.29, 1.82) is 0 Å². The predicted octanol–water partition coefficient (Wildman–Crippen LogP) is 7.12. The lowest BCUT2D eigenvalue weighted by Crippen LogP contribution is -2.08. The molecule has 0 aliphatic heterocycles. The van der Waals surface area contributed by atoms with Crippen molar-refractivity contribution in [3.63, 3.8) is 0 Å². The lowest BCUT2D eigenvalue weighted by molar-refractivity contribution is 0.793. The largest absolute Gasteiger partial charge is 0.337 e. The summed E-state index contributed by atoms with van der Waals surface area (Å²) in [5.41, 5.74) is 6.19. The van der Waals surface area contributed by atoms with Gasteiger partial charge in [0.25, 0.3) is 0 Å². The smallest absolute Gasteiger partial charge is 0.0945 e. The summed E-state index contributed by atoms with van der Waals surface area (Å²) in [6.07, 6.45) is 5.57. The van der Waals surface area contributed by atoms with Crippen LogP contribution in [0.2, 0.25) is 10.0 Å². The molecule has 2 heterocycles. The topological polar surface area (TPSA) is 30.7 Å². The molecule has 0 aliphatic rings. The molecule has 3 aromatic carbocycles. The lowest BCUT2D eigenvalue weighted by Gasteiger charge is -2.20. The molecule has 0 aliphatic carbocycles. The van der Waals surface area contributed by atoms with E-state index in [1.165, 1.54) is 0 Å². The molecule has 1 atom stereocenters. The van der Waals surface area contributed by atoms with E-state index in [0.717, 1.165) is 38.9 Å². The number of hydrogen-bond acceptors (Lipinski definition) is 2. The number of fused-ring (bicyclic) bond motifs is 1. The summed E-state index contributed by atoms with van der Waals surface area (Å²) in [6, 6.07) is 24.3. The Kier molecular flexibility index (Phi) is 5.23. The average molecular weight is 444 g/mol. The van der Waals surface area contributed by atoms with Gasteiger partial charge < -0.3 is 4.57 Å². The maximum atomic E-state index is 6.90. The maximum absolute atomic E-state index is 6.90. The Bertz CT molecular complexity index is 1360. The third kappa shape index (κ3) is 3.71. The number of rotatable bonds is 4. The summed E-state index contributed by atoms with van der Waals surface area (Å²) in [6.45, 7) is 0. The zero-order valence-electron chi connectivity index (χ0n) is 16.8. The van der Waals surface area contributed by atoms with Crippen LogP contribution in [0.4, 0.5) is 0 Å². The van der Waals surface area contributed by atoms with Crippen LogP contribution in [0.25, 0.3) is 22.0 Å². The standard InChI is InChI=1S/C26H19Cl2N3/c1-31-16-29-15-24(31)25(18-7-10-20(27)11-8-18)19-9-12-23-21(13-19)26(28)22(14-30-23)17-5-3-2-4-6-17/h2-16,25H,1H3. The van der Waals surface area contributed by atoms with E-state index in [0.29, 0.717) is 10.0 Å². The van der Waals surface area contributed by atoms with Crippen LogP contribution >= 0.6 is 23.2 Å². The molecule has 3 nitrogen and oxygen atoms in total. The fraction of sp³-hybridized carbons (Fsp3) is 0.0769. The first-order chi connectivity index (χ1) is 15.1. The zero-order valence-corrected chi connectivity index (χ0v) is 18.3. The van der Waals surface area contributed by atoms with Crippen LogP contribution in [0.1, 0.15) is 22.7 Å². The molecule has 1 unspecified atom stereocenters. The van der Waals surface area contributed by atoms with Gasteiger partial charge in [-0.25, -0.2) is 4.98 Å². The Morgan fingerprint density at radius 1 is 0.839 bits per heavy atom. The van der Waals surface area contributed by atoms with Gasteiger partial charge in [-0.05, 0) is 41.0 Å². The highest BCUT2D eigenvalue weighted by Gasteiger charge is 2.21. The number of imidazole rings is 1. The molecule has 5 rings (SSSR count). The Balaban J connectivity index is 1.70. The van der Waals surface area contributed by atoms with E-state index in [4.69, 9.17) is 23.2 Å². The van der Waals surface area contributed by atoms with Crippen molar-refractivity contribution in [2.75, 3.05) is 0 Å². The van der Waals surface area contributed by atoms with Crippen molar-refractivity contribution in [2.45, 2.75) is 5.92 Å². The molecule has 0 fully saturated rings. The van der Waals surface area contributed by atoms with Gasteiger partial charge in [-0.3, -0.25) is 4.98 Å². The van der Waals surface area contributed by atoms with Gasteiger partial charge in [0.15, 0.2) is 0 Å². The molecule has 0 N–H and O–H groups in total. The van der Waals surface area contributed by atoms with E-state index < -0.39 is 0 Å². The molecule has 0 bridgehead atoms. The molecule has 5 heteroatoms. The summed E-state index contributed by atoms with van der Waals surface area (Å²) >= 11 is 13.1. The second-order valence-corrected chi connectivity index (χ2v) is 8.36. The molecular weight excluding hydrogens is 425 g/mol. The number of aromatic nitrogens is 3. The molecule has 152 valence electrons. The fourth-order valence-electron chi connectivity index (χ4n) is 4.01. The summed E-state index contributed by atoms with van der Waals surface area (Å²) in [7, 11) is 2.01. The van der Waals surface area contributed by atoms with Crippen LogP contribution in [-0.2, 0) is 7.05 Å². The van der Waals surface area contributed by atoms with Crippen molar-refractivity contribution >= 4 is 34.1 Å². The molecule has 31 heavy (non-hydrogen) atoms. The molecular formula is C26H19Cl2N3. The molecule has 5 aromatic rings. The van der Waals surface area contributed by atoms with Gasteiger partial charge >= 0.3 is 0 Å². The van der Waals surface area contributed by atoms with Gasteiger partial charge in [-0.1, -0.05) is 71.7 Å². The SMILES string of the molecule is Cn1cncc1C(c1ccc(Cl)cc1)c1ccc2ncc(-c3ccccc3)c(Cl)c2c1. The van der Waals surface area contributed by atoms with Gasteiger partial charge in [0.05, 0.1) is 22.8 Å². The molecule has 0 amide bonds. The quantitative estimate of drug-likeness (QED) is 0.295. The first-order valence-electron chi connectivity index (χ1n) is 9.97. The molecule has 2 aromatic heterocycles. The van der Waals surface area contributed by atoms with Crippen LogP contribution in [0.5, 0.6) is 0 Å². The van der Waals surface area contributed by atoms with Crippen molar-refractivity contribution in [3.05, 3.63) is 118 Å². The van der Waals surface area contributed by atoms with Crippen molar-refractivity contribution < 1.29 is 0 Å². The van der Waals surface area contributed by atoms with Crippen LogP contribution < -0.4 is 0 Å². The average Bonchev–Trinajstić information content (AvgIpc) is 3.22. The predicted molar refractivity (Wildman–Crippen MR) is 128 cm³/mol. The summed E-state index contributed by atoms with van der Waals surface area (Å²) < 4.78 is 2.05. The minimum atomic E-state index is -0.00869. The van der Waals surface area contributed by atoms with E-state index >= 15 is 0 Å². The minimum Gasteiger partial charge on any atom is -0.337 e. The van der Waals surface area contributed by atoms with Crippen LogP contribution in [0.15, 0.2) is 91.5 Å². The summed E-state index contributed by atoms with van der Waals surface area (Å²) in [4.78, 5) is 9.01. The highest BCUT2D eigenvalue weighted by Crippen LogP contribution is 2.37. The molecule has 0 radical (unpaired) electrons. The summed E-state index contributed by atoms with van der Waals surface area (Å²) in [5.74, 6) is -0.00869. The van der Waals surface area contributed by atoms with Gasteiger partial charge in [-0.2, -0.15) is 0 Å². The van der Waals surface area contributed by atoms with Crippen LogP contribution in [0.3, 0.4) is 0 Å². The Labute approximate surface area is 190 Å². The second-order valence-electron chi connectivity index (χ2n) is 7.54. The van der Waals surface area contributed by atoms with E-state index in [-0.39, 0.29) is 5.92 Å². The first-order valence-corrected chi connectivity index (χ1v) is 10.7. The van der Waals surface area contributed by atoms with Crippen LogP contribution in [-0.4, -0.2) is 14.5 Å². The van der Waals surface area contributed by atoms with E-state index in [1.807, 2.05) is 78.9 Å².